The lowest BCUT2D eigenvalue weighted by Crippen LogP contribution is -2.34. The van der Waals surface area contributed by atoms with Crippen molar-refractivity contribution in [2.75, 3.05) is 13.1 Å². The summed E-state index contributed by atoms with van der Waals surface area (Å²) in [5.41, 5.74) is 2.11. The Labute approximate surface area is 185 Å². The molecular weight excluding hydrogens is 403 g/mol. The predicted molar refractivity (Wildman–Crippen MR) is 129 cm³/mol. The van der Waals surface area contributed by atoms with Gasteiger partial charge in [0.05, 0.1) is 0 Å². The molecule has 0 saturated carbocycles. The van der Waals surface area contributed by atoms with Crippen LogP contribution in [0.4, 0.5) is 0 Å². The van der Waals surface area contributed by atoms with Crippen LogP contribution in [0.1, 0.15) is 11.1 Å². The molecule has 3 rings (SSSR count). The van der Waals surface area contributed by atoms with E-state index < -0.39 is 7.67 Å². The normalized spacial score (nSPS) is 11.4. The molecular formula is C26H29N2O2P. The summed E-state index contributed by atoms with van der Waals surface area (Å²) >= 11 is 0. The molecule has 3 aromatic rings. The fraction of sp³-hybridized carbons (Fsp3) is 0.154. The quantitative estimate of drug-likeness (QED) is 0.240. The van der Waals surface area contributed by atoms with Gasteiger partial charge in [0.25, 0.3) is 0 Å². The molecule has 0 aliphatic rings. The molecule has 0 bridgehead atoms. The third-order valence-corrected chi connectivity index (χ3v) is 7.27. The van der Waals surface area contributed by atoms with Crippen molar-refractivity contribution in [3.63, 3.8) is 0 Å². The lowest BCUT2D eigenvalue weighted by Gasteiger charge is -2.37. The van der Waals surface area contributed by atoms with Gasteiger partial charge in [0.2, 0.25) is 0 Å². The molecule has 31 heavy (non-hydrogen) atoms. The van der Waals surface area contributed by atoms with Crippen LogP contribution >= 0.6 is 7.67 Å². The maximum atomic E-state index is 14.7. The molecule has 0 spiro atoms. The van der Waals surface area contributed by atoms with Crippen LogP contribution in [0.5, 0.6) is 5.75 Å². The maximum Gasteiger partial charge on any atom is 0.396 e. The molecule has 0 unspecified atom stereocenters. The summed E-state index contributed by atoms with van der Waals surface area (Å²) in [5, 5.41) is 0. The zero-order valence-electron chi connectivity index (χ0n) is 17.7. The molecule has 160 valence electrons. The first-order valence-corrected chi connectivity index (χ1v) is 11.8. The van der Waals surface area contributed by atoms with E-state index in [0.29, 0.717) is 31.9 Å². The number of hydrogen-bond acceptors (Lipinski definition) is 2. The van der Waals surface area contributed by atoms with Gasteiger partial charge >= 0.3 is 7.67 Å². The molecule has 0 N–H and O–H groups in total. The van der Waals surface area contributed by atoms with Crippen LogP contribution in [0.15, 0.2) is 116 Å². The van der Waals surface area contributed by atoms with E-state index in [9.17, 15) is 4.57 Å². The van der Waals surface area contributed by atoms with Crippen LogP contribution in [0.3, 0.4) is 0 Å². The van der Waals surface area contributed by atoms with E-state index in [-0.39, 0.29) is 0 Å². The van der Waals surface area contributed by atoms with Crippen molar-refractivity contribution in [2.24, 2.45) is 0 Å². The summed E-state index contributed by atoms with van der Waals surface area (Å²) in [5.74, 6) is 0.565. The Kier molecular flexibility index (Phi) is 8.43. The maximum absolute atomic E-state index is 14.7. The molecule has 5 heteroatoms. The second-order valence-corrected chi connectivity index (χ2v) is 9.43. The number of hydrogen-bond donors (Lipinski definition) is 0. The molecule has 4 nitrogen and oxygen atoms in total. The molecule has 0 radical (unpaired) electrons. The van der Waals surface area contributed by atoms with Gasteiger partial charge in [-0.25, -0.2) is 13.9 Å². The second kappa shape index (κ2) is 11.5. The molecule has 0 aromatic heterocycles. The molecule has 0 aliphatic heterocycles. The van der Waals surface area contributed by atoms with E-state index in [1.54, 1.807) is 12.2 Å². The van der Waals surface area contributed by atoms with Crippen molar-refractivity contribution in [2.45, 2.75) is 13.1 Å². The summed E-state index contributed by atoms with van der Waals surface area (Å²) in [6, 6.07) is 29.3. The van der Waals surface area contributed by atoms with Crippen LogP contribution in [0, 0.1) is 0 Å². The zero-order valence-corrected chi connectivity index (χ0v) is 18.6. The average Bonchev–Trinajstić information content (AvgIpc) is 2.80. The fourth-order valence-electron chi connectivity index (χ4n) is 3.31. The summed E-state index contributed by atoms with van der Waals surface area (Å²) < 4.78 is 24.7. The SMILES string of the molecule is C=CCN(Cc1ccccc1)P(=O)(Oc1ccccc1)N(CC=C)Cc1ccccc1. The number of nitrogens with zero attached hydrogens (tertiary/aromatic N) is 2. The number of benzene rings is 3. The van der Waals surface area contributed by atoms with E-state index in [2.05, 4.69) is 13.2 Å². The minimum atomic E-state index is -3.50. The third kappa shape index (κ3) is 6.28. The standard InChI is InChI=1S/C26H29N2O2P/c1-3-20-27(22-24-14-8-5-9-15-24)31(29,30-26-18-12-7-13-19-26)28(21-4-2)23-25-16-10-6-11-17-25/h3-19H,1-2,20-23H2. The minimum Gasteiger partial charge on any atom is -0.422 e. The monoisotopic (exact) mass is 432 g/mol. The highest BCUT2D eigenvalue weighted by atomic mass is 31.2. The summed E-state index contributed by atoms with van der Waals surface area (Å²) in [6.07, 6.45) is 3.52. The van der Waals surface area contributed by atoms with Gasteiger partial charge in [-0.05, 0) is 23.3 Å². The Morgan fingerprint density at radius 3 is 1.45 bits per heavy atom. The topological polar surface area (TPSA) is 32.8 Å². The largest absolute Gasteiger partial charge is 0.422 e. The second-order valence-electron chi connectivity index (χ2n) is 7.14. The fourth-order valence-corrected chi connectivity index (χ4v) is 5.63. The van der Waals surface area contributed by atoms with Crippen LogP contribution in [-0.2, 0) is 17.7 Å². The molecule has 0 heterocycles. The number of rotatable bonds is 12. The van der Waals surface area contributed by atoms with Gasteiger partial charge < -0.3 is 4.52 Å². The van der Waals surface area contributed by atoms with Crippen LogP contribution in [-0.4, -0.2) is 22.4 Å². The molecule has 3 aromatic carbocycles. The van der Waals surface area contributed by atoms with E-state index in [1.165, 1.54) is 0 Å². The highest BCUT2D eigenvalue weighted by Crippen LogP contribution is 2.55. The van der Waals surface area contributed by atoms with Crippen molar-refractivity contribution in [3.8, 4) is 5.75 Å². The first-order chi connectivity index (χ1) is 15.2. The Morgan fingerprint density at radius 2 is 1.06 bits per heavy atom. The Hall–Kier alpha value is -2.91. The molecule has 0 saturated heterocycles. The Morgan fingerprint density at radius 1 is 0.677 bits per heavy atom. The predicted octanol–water partition coefficient (Wildman–Crippen LogP) is 6.55. The molecule has 0 atom stereocenters. The van der Waals surface area contributed by atoms with Gasteiger partial charge in [-0.15, -0.1) is 13.2 Å². The van der Waals surface area contributed by atoms with Gasteiger partial charge in [-0.2, -0.15) is 0 Å². The first kappa shape index (κ1) is 22.8. The number of para-hydroxylation sites is 1. The highest BCUT2D eigenvalue weighted by molar-refractivity contribution is 7.54. The van der Waals surface area contributed by atoms with Crippen molar-refractivity contribution in [1.82, 2.24) is 9.34 Å². The van der Waals surface area contributed by atoms with Gasteiger partial charge in [0, 0.05) is 26.2 Å². The molecule has 0 amide bonds. The van der Waals surface area contributed by atoms with Gasteiger partial charge in [0.1, 0.15) is 5.75 Å². The van der Waals surface area contributed by atoms with E-state index >= 15 is 0 Å². The summed E-state index contributed by atoms with van der Waals surface area (Å²) in [4.78, 5) is 0. The first-order valence-electron chi connectivity index (χ1n) is 10.3. The van der Waals surface area contributed by atoms with E-state index in [4.69, 9.17) is 4.52 Å². The lowest BCUT2D eigenvalue weighted by molar-refractivity contribution is 0.285. The van der Waals surface area contributed by atoms with Crippen molar-refractivity contribution >= 4 is 7.67 Å². The molecule has 0 aliphatic carbocycles. The van der Waals surface area contributed by atoms with Gasteiger partial charge in [-0.1, -0.05) is 91.0 Å². The van der Waals surface area contributed by atoms with Crippen molar-refractivity contribution in [1.29, 1.82) is 0 Å². The van der Waals surface area contributed by atoms with Crippen LogP contribution in [0.2, 0.25) is 0 Å². The van der Waals surface area contributed by atoms with Crippen molar-refractivity contribution in [3.05, 3.63) is 127 Å². The smallest absolute Gasteiger partial charge is 0.396 e. The third-order valence-electron chi connectivity index (χ3n) is 4.78. The lowest BCUT2D eigenvalue weighted by atomic mass is 10.2. The van der Waals surface area contributed by atoms with Crippen LogP contribution < -0.4 is 4.52 Å². The summed E-state index contributed by atoms with van der Waals surface area (Å²) in [7, 11) is -3.50. The van der Waals surface area contributed by atoms with Gasteiger partial charge in [-0.3, -0.25) is 0 Å². The highest BCUT2D eigenvalue weighted by Gasteiger charge is 2.39. The van der Waals surface area contributed by atoms with E-state index in [0.717, 1.165) is 11.1 Å². The Bertz CT molecular complexity index is 934. The molecule has 0 fully saturated rings. The zero-order chi connectivity index (χ0) is 21.9. The average molecular weight is 433 g/mol. The van der Waals surface area contributed by atoms with Gasteiger partial charge in [0.15, 0.2) is 0 Å². The van der Waals surface area contributed by atoms with Crippen LogP contribution in [0.25, 0.3) is 0 Å². The minimum absolute atomic E-state index is 0.418. The van der Waals surface area contributed by atoms with Crippen molar-refractivity contribution < 1.29 is 9.09 Å². The van der Waals surface area contributed by atoms with E-state index in [1.807, 2.05) is 100 Å². The Balaban J connectivity index is 2.02. The summed E-state index contributed by atoms with van der Waals surface area (Å²) in [6.45, 7) is 9.57.